The fraction of sp³-hybridized carbons (Fsp3) is 0.667. The van der Waals surface area contributed by atoms with E-state index >= 15 is 0 Å². The summed E-state index contributed by atoms with van der Waals surface area (Å²) in [6, 6.07) is 7.31. The van der Waals surface area contributed by atoms with Crippen molar-refractivity contribution in [3.05, 3.63) is 24.3 Å². The molecular weight excluding hydrogens is 324 g/mol. The van der Waals surface area contributed by atoms with Gasteiger partial charge in [-0.1, -0.05) is 6.92 Å². The number of ether oxygens (including phenoxy) is 1. The van der Waals surface area contributed by atoms with Crippen LogP contribution in [-0.4, -0.2) is 52.1 Å². The molecule has 2 heterocycles. The van der Waals surface area contributed by atoms with Crippen LogP contribution in [0, 0.1) is 5.92 Å². The van der Waals surface area contributed by atoms with Gasteiger partial charge < -0.3 is 9.64 Å². The van der Waals surface area contributed by atoms with Crippen molar-refractivity contribution in [3.8, 4) is 5.75 Å². The minimum absolute atomic E-state index is 0.362. The lowest BCUT2D eigenvalue weighted by atomic mass is 9.95. The first-order valence-electron chi connectivity index (χ1n) is 8.99. The number of benzene rings is 1. The monoisotopic (exact) mass is 353 g/mol. The Kier molecular flexibility index (Phi) is 5.47. The molecule has 0 bridgehead atoms. The number of likely N-dealkylation sites (tertiary alicyclic amines) is 1. The van der Waals surface area contributed by atoms with E-state index in [2.05, 4.69) is 6.92 Å². The Balaban J connectivity index is 1.60. The van der Waals surface area contributed by atoms with Gasteiger partial charge in [0.2, 0.25) is 10.0 Å². The molecule has 0 spiro atoms. The maximum atomic E-state index is 12.8. The van der Waals surface area contributed by atoms with Crippen molar-refractivity contribution in [2.75, 3.05) is 33.3 Å². The van der Waals surface area contributed by atoms with Crippen LogP contribution < -0.4 is 9.64 Å². The number of nitrogens with zero attached hydrogens (tertiary/aromatic N) is 1. The molecule has 2 aliphatic heterocycles. The zero-order valence-electron chi connectivity index (χ0n) is 14.7. The third-order valence-electron chi connectivity index (χ3n) is 5.64. The van der Waals surface area contributed by atoms with Crippen LogP contribution in [0.25, 0.3) is 0 Å². The number of hydrogen-bond donors (Lipinski definition) is 1. The Morgan fingerprint density at radius 1 is 1.04 bits per heavy atom. The first kappa shape index (κ1) is 17.7. The standard InChI is InChI=1S/C18H28N2O3S/c1-15-7-11-19(12-8-15)16-9-13-20(14-10-16)24(21,22)18-5-3-17(23-2)4-6-18/h3-6,15-16H,7-14H2,1-2H3/p+1. The molecule has 5 nitrogen and oxygen atoms in total. The third kappa shape index (κ3) is 3.76. The number of quaternary nitrogens is 1. The van der Waals surface area contributed by atoms with E-state index in [0.717, 1.165) is 18.8 Å². The van der Waals surface area contributed by atoms with Gasteiger partial charge in [-0.05, 0) is 43.0 Å². The zero-order chi connectivity index (χ0) is 17.2. The van der Waals surface area contributed by atoms with Gasteiger partial charge >= 0.3 is 0 Å². The highest BCUT2D eigenvalue weighted by Crippen LogP contribution is 2.22. The van der Waals surface area contributed by atoms with E-state index in [1.807, 2.05) is 0 Å². The molecule has 3 rings (SSSR count). The van der Waals surface area contributed by atoms with Gasteiger partial charge in [-0.2, -0.15) is 4.31 Å². The van der Waals surface area contributed by atoms with Crippen LogP contribution in [-0.2, 0) is 10.0 Å². The van der Waals surface area contributed by atoms with Crippen molar-refractivity contribution in [2.24, 2.45) is 5.92 Å². The van der Waals surface area contributed by atoms with E-state index in [4.69, 9.17) is 4.74 Å². The van der Waals surface area contributed by atoms with Gasteiger partial charge in [-0.3, -0.25) is 0 Å². The molecule has 0 aliphatic carbocycles. The van der Waals surface area contributed by atoms with Crippen LogP contribution in [0.15, 0.2) is 29.2 Å². The van der Waals surface area contributed by atoms with Crippen molar-refractivity contribution in [2.45, 2.75) is 43.5 Å². The molecule has 2 aliphatic rings. The second-order valence-electron chi connectivity index (χ2n) is 7.19. The summed E-state index contributed by atoms with van der Waals surface area (Å²) in [6.07, 6.45) is 4.55. The van der Waals surface area contributed by atoms with Gasteiger partial charge in [0.1, 0.15) is 5.75 Å². The highest BCUT2D eigenvalue weighted by Gasteiger charge is 2.34. The predicted octanol–water partition coefficient (Wildman–Crippen LogP) is 1.16. The summed E-state index contributed by atoms with van der Waals surface area (Å²) in [5.74, 6) is 1.53. The van der Waals surface area contributed by atoms with Crippen LogP contribution in [0.4, 0.5) is 0 Å². The van der Waals surface area contributed by atoms with Gasteiger partial charge in [0.15, 0.2) is 0 Å². The molecule has 2 fully saturated rings. The molecule has 1 aromatic rings. The quantitative estimate of drug-likeness (QED) is 0.884. The molecule has 1 N–H and O–H groups in total. The Morgan fingerprint density at radius 3 is 2.17 bits per heavy atom. The molecule has 2 saturated heterocycles. The summed E-state index contributed by atoms with van der Waals surface area (Å²) in [5.41, 5.74) is 0. The molecule has 0 unspecified atom stereocenters. The fourth-order valence-corrected chi connectivity index (χ4v) is 5.41. The average molecular weight is 354 g/mol. The van der Waals surface area contributed by atoms with Crippen LogP contribution in [0.1, 0.15) is 32.6 Å². The first-order valence-corrected chi connectivity index (χ1v) is 10.4. The summed E-state index contributed by atoms with van der Waals surface area (Å²) in [6.45, 7) is 6.10. The number of nitrogens with one attached hydrogen (secondary N) is 1. The van der Waals surface area contributed by atoms with Crippen molar-refractivity contribution < 1.29 is 18.1 Å². The Morgan fingerprint density at radius 2 is 1.62 bits per heavy atom. The number of sulfonamides is 1. The minimum Gasteiger partial charge on any atom is -0.497 e. The molecule has 1 aromatic carbocycles. The third-order valence-corrected chi connectivity index (χ3v) is 7.56. The van der Waals surface area contributed by atoms with E-state index in [0.29, 0.717) is 29.8 Å². The summed E-state index contributed by atoms with van der Waals surface area (Å²) < 4.78 is 32.3. The van der Waals surface area contributed by atoms with E-state index in [-0.39, 0.29) is 0 Å². The Labute approximate surface area is 145 Å². The predicted molar refractivity (Wildman–Crippen MR) is 93.9 cm³/mol. The van der Waals surface area contributed by atoms with Crippen molar-refractivity contribution in [1.82, 2.24) is 4.31 Å². The second-order valence-corrected chi connectivity index (χ2v) is 9.13. The Hall–Kier alpha value is -1.11. The lowest BCUT2D eigenvalue weighted by Crippen LogP contribution is -3.17. The van der Waals surface area contributed by atoms with E-state index in [9.17, 15) is 8.42 Å². The summed E-state index contributed by atoms with van der Waals surface area (Å²) in [4.78, 5) is 2.05. The highest BCUT2D eigenvalue weighted by molar-refractivity contribution is 7.89. The topological polar surface area (TPSA) is 51.1 Å². The normalized spacial score (nSPS) is 27.1. The smallest absolute Gasteiger partial charge is 0.243 e. The lowest BCUT2D eigenvalue weighted by Gasteiger charge is -2.38. The van der Waals surface area contributed by atoms with E-state index in [1.165, 1.54) is 25.9 Å². The molecule has 24 heavy (non-hydrogen) atoms. The molecular formula is C18H29N2O3S+. The molecule has 0 saturated carbocycles. The summed E-state index contributed by atoms with van der Waals surface area (Å²) in [7, 11) is -1.80. The van der Waals surface area contributed by atoms with Gasteiger partial charge in [0.05, 0.1) is 31.1 Å². The number of methoxy groups -OCH3 is 1. The van der Waals surface area contributed by atoms with E-state index < -0.39 is 10.0 Å². The van der Waals surface area contributed by atoms with Crippen LogP contribution in [0.5, 0.6) is 5.75 Å². The van der Waals surface area contributed by atoms with Gasteiger partial charge in [0, 0.05) is 25.9 Å². The highest BCUT2D eigenvalue weighted by atomic mass is 32.2. The molecule has 134 valence electrons. The summed E-state index contributed by atoms with van der Waals surface area (Å²) in [5, 5.41) is 0. The van der Waals surface area contributed by atoms with E-state index in [1.54, 1.807) is 40.6 Å². The second kappa shape index (κ2) is 7.42. The fourth-order valence-electron chi connectivity index (χ4n) is 3.94. The van der Waals surface area contributed by atoms with Crippen molar-refractivity contribution >= 4 is 10.0 Å². The molecule has 0 amide bonds. The summed E-state index contributed by atoms with van der Waals surface area (Å²) >= 11 is 0. The number of hydrogen-bond acceptors (Lipinski definition) is 3. The zero-order valence-corrected chi connectivity index (χ0v) is 15.5. The van der Waals surface area contributed by atoms with Gasteiger partial charge in [-0.15, -0.1) is 0 Å². The van der Waals surface area contributed by atoms with Crippen molar-refractivity contribution in [1.29, 1.82) is 0 Å². The SMILES string of the molecule is COc1ccc(S(=O)(=O)N2CCC([NH+]3CCC(C)CC3)CC2)cc1. The largest absolute Gasteiger partial charge is 0.497 e. The first-order chi connectivity index (χ1) is 11.5. The van der Waals surface area contributed by atoms with Crippen LogP contribution >= 0.6 is 0 Å². The van der Waals surface area contributed by atoms with Crippen LogP contribution in [0.2, 0.25) is 0 Å². The molecule has 0 atom stereocenters. The molecule has 0 radical (unpaired) electrons. The maximum absolute atomic E-state index is 12.8. The van der Waals surface area contributed by atoms with Crippen molar-refractivity contribution in [3.63, 3.8) is 0 Å². The Bertz CT molecular complexity index is 629. The molecule has 6 heteroatoms. The minimum atomic E-state index is -3.38. The van der Waals surface area contributed by atoms with Gasteiger partial charge in [0.25, 0.3) is 0 Å². The average Bonchev–Trinajstić information content (AvgIpc) is 2.62. The number of rotatable bonds is 4. The maximum Gasteiger partial charge on any atom is 0.243 e. The lowest BCUT2D eigenvalue weighted by molar-refractivity contribution is -0.932. The van der Waals surface area contributed by atoms with Gasteiger partial charge in [-0.25, -0.2) is 8.42 Å². The molecule has 0 aromatic heterocycles. The number of piperidine rings is 2. The van der Waals surface area contributed by atoms with Crippen LogP contribution in [0.3, 0.4) is 0 Å².